The maximum absolute atomic E-state index is 11.6. The molecule has 1 N–H and O–H groups in total. The number of benzene rings is 1. The van der Waals surface area contributed by atoms with E-state index >= 15 is 0 Å². The smallest absolute Gasteiger partial charge is 0.409 e. The van der Waals surface area contributed by atoms with E-state index in [0.717, 1.165) is 11.3 Å². The molecular weight excluding hydrogens is 270 g/mol. The first-order valence-electron chi connectivity index (χ1n) is 7.33. The molecule has 5 heteroatoms. The van der Waals surface area contributed by atoms with Crippen LogP contribution in [0.2, 0.25) is 0 Å². The average Bonchev–Trinajstić information content (AvgIpc) is 2.48. The van der Waals surface area contributed by atoms with E-state index in [0.29, 0.717) is 39.0 Å². The molecule has 0 unspecified atom stereocenters. The van der Waals surface area contributed by atoms with Gasteiger partial charge >= 0.3 is 6.09 Å². The number of carbonyl (C=O) groups is 1. The van der Waals surface area contributed by atoms with E-state index in [2.05, 4.69) is 0 Å². The van der Waals surface area contributed by atoms with E-state index in [9.17, 15) is 9.90 Å². The van der Waals surface area contributed by atoms with E-state index < -0.39 is 5.60 Å². The SMILES string of the molecule is CCOC(=O)N1CCC(O)(Cc2ccc(OC)cc2)CC1. The van der Waals surface area contributed by atoms with Crippen LogP contribution in [0.25, 0.3) is 0 Å². The molecule has 0 aromatic heterocycles. The highest BCUT2D eigenvalue weighted by atomic mass is 16.6. The zero-order chi connectivity index (χ0) is 15.3. The summed E-state index contributed by atoms with van der Waals surface area (Å²) in [4.78, 5) is 13.3. The summed E-state index contributed by atoms with van der Waals surface area (Å²) >= 11 is 0. The van der Waals surface area contributed by atoms with Gasteiger partial charge in [0.1, 0.15) is 5.75 Å². The molecule has 1 aliphatic heterocycles. The average molecular weight is 293 g/mol. The van der Waals surface area contributed by atoms with Gasteiger partial charge in [0.05, 0.1) is 19.3 Å². The Kier molecular flexibility index (Phi) is 5.07. The van der Waals surface area contributed by atoms with Crippen LogP contribution in [-0.2, 0) is 11.2 Å². The molecule has 0 atom stereocenters. The van der Waals surface area contributed by atoms with Crippen molar-refractivity contribution in [3.8, 4) is 5.75 Å². The number of methoxy groups -OCH3 is 1. The zero-order valence-electron chi connectivity index (χ0n) is 12.7. The summed E-state index contributed by atoms with van der Waals surface area (Å²) in [5.74, 6) is 0.808. The third kappa shape index (κ3) is 4.11. The molecule has 116 valence electrons. The van der Waals surface area contributed by atoms with Gasteiger partial charge in [0, 0.05) is 19.5 Å². The number of amides is 1. The summed E-state index contributed by atoms with van der Waals surface area (Å²) in [6.45, 7) is 3.24. The summed E-state index contributed by atoms with van der Waals surface area (Å²) in [5.41, 5.74) is 0.320. The minimum atomic E-state index is -0.752. The van der Waals surface area contributed by atoms with Crippen molar-refractivity contribution in [1.82, 2.24) is 4.90 Å². The number of nitrogens with zero attached hydrogens (tertiary/aromatic N) is 1. The van der Waals surface area contributed by atoms with Crippen molar-refractivity contribution in [3.05, 3.63) is 29.8 Å². The van der Waals surface area contributed by atoms with Crippen LogP contribution in [0.15, 0.2) is 24.3 Å². The van der Waals surface area contributed by atoms with Gasteiger partial charge in [-0.2, -0.15) is 0 Å². The van der Waals surface area contributed by atoms with E-state index in [1.807, 2.05) is 24.3 Å². The van der Waals surface area contributed by atoms with Crippen molar-refractivity contribution in [2.75, 3.05) is 26.8 Å². The molecule has 0 saturated carbocycles. The highest BCUT2D eigenvalue weighted by Crippen LogP contribution is 2.27. The van der Waals surface area contributed by atoms with Gasteiger partial charge in [0.25, 0.3) is 0 Å². The Morgan fingerprint density at radius 1 is 1.29 bits per heavy atom. The van der Waals surface area contributed by atoms with Crippen molar-refractivity contribution < 1.29 is 19.4 Å². The molecule has 0 aliphatic carbocycles. The minimum absolute atomic E-state index is 0.288. The first-order chi connectivity index (χ1) is 10.1. The molecule has 21 heavy (non-hydrogen) atoms. The van der Waals surface area contributed by atoms with Crippen LogP contribution < -0.4 is 4.74 Å². The molecule has 1 saturated heterocycles. The number of carbonyl (C=O) groups excluding carboxylic acids is 1. The molecule has 1 amide bonds. The predicted molar refractivity (Wildman–Crippen MR) is 79.5 cm³/mol. The van der Waals surface area contributed by atoms with Gasteiger partial charge < -0.3 is 19.5 Å². The van der Waals surface area contributed by atoms with Crippen LogP contribution in [0.4, 0.5) is 4.79 Å². The number of ether oxygens (including phenoxy) is 2. The van der Waals surface area contributed by atoms with Crippen LogP contribution in [0.5, 0.6) is 5.75 Å². The van der Waals surface area contributed by atoms with Crippen molar-refractivity contribution >= 4 is 6.09 Å². The fourth-order valence-electron chi connectivity index (χ4n) is 2.62. The van der Waals surface area contributed by atoms with Crippen LogP contribution in [0.3, 0.4) is 0 Å². The lowest BCUT2D eigenvalue weighted by Gasteiger charge is -2.37. The second-order valence-corrected chi connectivity index (χ2v) is 5.44. The number of hydrogen-bond donors (Lipinski definition) is 1. The quantitative estimate of drug-likeness (QED) is 0.924. The van der Waals surface area contributed by atoms with Crippen molar-refractivity contribution in [2.24, 2.45) is 0 Å². The molecule has 0 radical (unpaired) electrons. The van der Waals surface area contributed by atoms with Crippen LogP contribution in [-0.4, -0.2) is 48.5 Å². The highest BCUT2D eigenvalue weighted by Gasteiger charge is 2.34. The summed E-state index contributed by atoms with van der Waals surface area (Å²) in [5, 5.41) is 10.7. The van der Waals surface area contributed by atoms with E-state index in [1.54, 1.807) is 18.9 Å². The largest absolute Gasteiger partial charge is 0.497 e. The molecule has 1 aromatic carbocycles. The van der Waals surface area contributed by atoms with Crippen LogP contribution >= 0.6 is 0 Å². The maximum Gasteiger partial charge on any atom is 0.409 e. The number of aliphatic hydroxyl groups is 1. The maximum atomic E-state index is 11.6. The summed E-state index contributed by atoms with van der Waals surface area (Å²) in [7, 11) is 1.63. The lowest BCUT2D eigenvalue weighted by atomic mass is 9.85. The van der Waals surface area contributed by atoms with Crippen molar-refractivity contribution in [3.63, 3.8) is 0 Å². The van der Waals surface area contributed by atoms with Gasteiger partial charge in [-0.1, -0.05) is 12.1 Å². The highest BCUT2D eigenvalue weighted by molar-refractivity contribution is 5.67. The first kappa shape index (κ1) is 15.6. The van der Waals surface area contributed by atoms with Crippen molar-refractivity contribution in [1.29, 1.82) is 0 Å². The lowest BCUT2D eigenvalue weighted by Crippen LogP contribution is -2.47. The molecule has 1 heterocycles. The standard InChI is InChI=1S/C16H23NO4/c1-3-21-15(18)17-10-8-16(19,9-11-17)12-13-4-6-14(20-2)7-5-13/h4-7,19H,3,8-12H2,1-2H3. The topological polar surface area (TPSA) is 59.0 Å². The summed E-state index contributed by atoms with van der Waals surface area (Å²) in [6.07, 6.45) is 1.44. The monoisotopic (exact) mass is 293 g/mol. The molecule has 1 aliphatic rings. The van der Waals surface area contributed by atoms with Gasteiger partial charge in [0.15, 0.2) is 0 Å². The molecule has 2 rings (SSSR count). The molecular formula is C16H23NO4. The Labute approximate surface area is 125 Å². The number of piperidine rings is 1. The predicted octanol–water partition coefficient (Wildman–Crippen LogP) is 2.22. The Bertz CT molecular complexity index is 464. The van der Waals surface area contributed by atoms with E-state index in [1.165, 1.54) is 0 Å². The Balaban J connectivity index is 1.90. The van der Waals surface area contributed by atoms with Gasteiger partial charge in [-0.25, -0.2) is 4.79 Å². The summed E-state index contributed by atoms with van der Waals surface area (Å²) in [6, 6.07) is 7.72. The Morgan fingerprint density at radius 3 is 2.43 bits per heavy atom. The number of rotatable bonds is 4. The number of likely N-dealkylation sites (tertiary alicyclic amines) is 1. The van der Waals surface area contributed by atoms with Crippen LogP contribution in [0, 0.1) is 0 Å². The molecule has 0 bridgehead atoms. The first-order valence-corrected chi connectivity index (χ1v) is 7.33. The van der Waals surface area contributed by atoms with E-state index in [-0.39, 0.29) is 6.09 Å². The fourth-order valence-corrected chi connectivity index (χ4v) is 2.62. The summed E-state index contributed by atoms with van der Waals surface area (Å²) < 4.78 is 10.1. The third-order valence-electron chi connectivity index (χ3n) is 3.91. The van der Waals surface area contributed by atoms with Crippen molar-refractivity contribution in [2.45, 2.75) is 31.8 Å². The normalized spacial score (nSPS) is 17.4. The zero-order valence-corrected chi connectivity index (χ0v) is 12.7. The second-order valence-electron chi connectivity index (χ2n) is 5.44. The third-order valence-corrected chi connectivity index (χ3v) is 3.91. The van der Waals surface area contributed by atoms with Gasteiger partial charge in [-0.3, -0.25) is 0 Å². The molecule has 0 spiro atoms. The van der Waals surface area contributed by atoms with Gasteiger partial charge in [-0.15, -0.1) is 0 Å². The van der Waals surface area contributed by atoms with Crippen LogP contribution in [0.1, 0.15) is 25.3 Å². The van der Waals surface area contributed by atoms with E-state index in [4.69, 9.17) is 9.47 Å². The van der Waals surface area contributed by atoms with Gasteiger partial charge in [0.2, 0.25) is 0 Å². The van der Waals surface area contributed by atoms with Gasteiger partial charge in [-0.05, 0) is 37.5 Å². The lowest BCUT2D eigenvalue weighted by molar-refractivity contribution is -0.0194. The molecule has 1 fully saturated rings. The Hall–Kier alpha value is -1.75. The second kappa shape index (κ2) is 6.80. The fraction of sp³-hybridized carbons (Fsp3) is 0.562. The molecule has 5 nitrogen and oxygen atoms in total. The minimum Gasteiger partial charge on any atom is -0.497 e. The molecule has 1 aromatic rings. The number of hydrogen-bond acceptors (Lipinski definition) is 4. The Morgan fingerprint density at radius 2 is 1.90 bits per heavy atom.